The molecule has 3 N–H and O–H groups in total. The molecule has 13 heteroatoms. The van der Waals surface area contributed by atoms with E-state index in [2.05, 4.69) is 26.4 Å². The van der Waals surface area contributed by atoms with Crippen molar-refractivity contribution in [3.05, 3.63) is 59.7 Å². The second-order valence-corrected chi connectivity index (χ2v) is 17.7. The zero-order valence-corrected chi connectivity index (χ0v) is 30.2. The summed E-state index contributed by atoms with van der Waals surface area (Å²) < 4.78 is 35.5. The fourth-order valence-corrected chi connectivity index (χ4v) is 10.2. The molecule has 3 aromatic rings. The van der Waals surface area contributed by atoms with Crippen LogP contribution in [0.1, 0.15) is 88.2 Å². The lowest BCUT2D eigenvalue weighted by atomic mass is 9.92. The number of rotatable bonds is 8. The number of carbonyl (C=O) groups excluding carboxylic acids is 3. The molecule has 50 heavy (non-hydrogen) atoms. The molecule has 0 radical (unpaired) electrons. The van der Waals surface area contributed by atoms with E-state index in [0.717, 1.165) is 59.9 Å². The Bertz CT molecular complexity index is 1830. The van der Waals surface area contributed by atoms with Crippen LogP contribution in [0.4, 0.5) is 0 Å². The molecule has 1 aromatic heterocycles. The zero-order chi connectivity index (χ0) is 34.9. The average molecular weight is 722 g/mol. The third kappa shape index (κ3) is 7.84. The van der Waals surface area contributed by atoms with Crippen LogP contribution in [0.2, 0.25) is 0 Å². The number of nitrogens with zero attached hydrogens (tertiary/aromatic N) is 2. The minimum absolute atomic E-state index is 0.180. The van der Waals surface area contributed by atoms with Crippen molar-refractivity contribution < 1.29 is 27.5 Å². The van der Waals surface area contributed by atoms with Gasteiger partial charge in [-0.15, -0.1) is 0 Å². The van der Waals surface area contributed by atoms with Crippen molar-refractivity contribution in [1.29, 1.82) is 0 Å². The first-order chi connectivity index (χ1) is 24.1. The maximum atomic E-state index is 14.5. The van der Waals surface area contributed by atoms with E-state index in [0.29, 0.717) is 43.8 Å². The number of ether oxygens (including phenoxy) is 1. The van der Waals surface area contributed by atoms with Gasteiger partial charge < -0.3 is 20.3 Å². The van der Waals surface area contributed by atoms with Gasteiger partial charge in [0.15, 0.2) is 0 Å². The number of aryl methyl sites for hydroxylation is 1. The van der Waals surface area contributed by atoms with E-state index in [-0.39, 0.29) is 24.8 Å². The summed E-state index contributed by atoms with van der Waals surface area (Å²) in [5.74, 6) is -1.11. The van der Waals surface area contributed by atoms with Gasteiger partial charge in [0.2, 0.25) is 21.8 Å². The van der Waals surface area contributed by atoms with Gasteiger partial charge in [0, 0.05) is 13.0 Å². The van der Waals surface area contributed by atoms with E-state index in [9.17, 15) is 22.8 Å². The Morgan fingerprint density at radius 1 is 1.04 bits per heavy atom. The fraction of sp³-hybridized carbons (Fsp3) is 0.568. The summed E-state index contributed by atoms with van der Waals surface area (Å²) in [7, 11) is -3.82. The molecule has 2 saturated heterocycles. The number of sulfonamides is 1. The number of aromatic nitrogens is 1. The van der Waals surface area contributed by atoms with Crippen LogP contribution >= 0.6 is 11.3 Å². The number of hydrogen-bond acceptors (Lipinski definition) is 9. The van der Waals surface area contributed by atoms with Crippen LogP contribution in [0, 0.1) is 12.8 Å². The van der Waals surface area contributed by atoms with Crippen molar-refractivity contribution in [2.24, 2.45) is 5.92 Å². The number of amides is 3. The molecule has 11 nitrogen and oxygen atoms in total. The lowest BCUT2D eigenvalue weighted by Gasteiger charge is -2.33. The topological polar surface area (TPSA) is 147 Å². The van der Waals surface area contributed by atoms with Crippen LogP contribution < -0.4 is 20.1 Å². The molecule has 0 spiro atoms. The SMILES string of the molecule is Cc1ccc2nc(O[C@@H]3C[C@H]4C(=O)N[C@]5(C(=O)NS(=O)(=O)C6CC6)CCC(CCCCCC[C@H](NCc6ccccc6)C(=O)N4C3)C5)sc2c1. The molecule has 1 unspecified atom stereocenters. The van der Waals surface area contributed by atoms with E-state index in [4.69, 9.17) is 4.74 Å². The van der Waals surface area contributed by atoms with Gasteiger partial charge in [-0.3, -0.25) is 19.1 Å². The molecule has 4 aliphatic rings. The van der Waals surface area contributed by atoms with E-state index in [1.165, 1.54) is 11.3 Å². The van der Waals surface area contributed by atoms with Gasteiger partial charge in [0.25, 0.3) is 11.1 Å². The van der Waals surface area contributed by atoms with Gasteiger partial charge in [-0.05, 0) is 74.6 Å². The molecule has 3 heterocycles. The molecule has 4 fully saturated rings. The van der Waals surface area contributed by atoms with Crippen molar-refractivity contribution in [3.63, 3.8) is 0 Å². The predicted octanol–water partition coefficient (Wildman–Crippen LogP) is 4.73. The fourth-order valence-electron chi connectivity index (χ4n) is 7.84. The van der Waals surface area contributed by atoms with E-state index < -0.39 is 50.8 Å². The molecular formula is C37H47N5O6S2. The Labute approximate surface area is 298 Å². The maximum absolute atomic E-state index is 14.5. The van der Waals surface area contributed by atoms with E-state index in [1.54, 1.807) is 4.90 Å². The normalized spacial score (nSPS) is 28.1. The van der Waals surface area contributed by atoms with Crippen molar-refractivity contribution in [2.45, 2.75) is 119 Å². The summed E-state index contributed by atoms with van der Waals surface area (Å²) >= 11 is 1.43. The molecular weight excluding hydrogens is 675 g/mol. The standard InChI is InChI=1S/C37H47N5O6S2/c1-24-13-16-29-32(19-24)49-36(39-29)48-27-20-31-33(43)40-37(35(45)41-50(46,47)28-14-15-28)18-17-25(21-37)9-5-2-3-8-12-30(34(44)42(31)23-27)38-22-26-10-6-4-7-11-26/h4,6-7,10-11,13,16,19,25,27-28,30-31,38H,2-3,5,8-9,12,14-15,17-18,20-23H2,1H3,(H,40,43)(H,41,45)/t25?,27-,30+,31+,37-/m1/s1. The second kappa shape index (κ2) is 14.6. The Morgan fingerprint density at radius 3 is 2.60 bits per heavy atom. The summed E-state index contributed by atoms with van der Waals surface area (Å²) in [6, 6.07) is 14.5. The van der Waals surface area contributed by atoms with Crippen LogP contribution in [0.15, 0.2) is 48.5 Å². The minimum Gasteiger partial charge on any atom is -0.465 e. The van der Waals surface area contributed by atoms with Gasteiger partial charge in [-0.1, -0.05) is 79.8 Å². The van der Waals surface area contributed by atoms with Gasteiger partial charge in [-0.2, -0.15) is 0 Å². The number of benzene rings is 2. The highest BCUT2D eigenvalue weighted by atomic mass is 32.2. The van der Waals surface area contributed by atoms with Gasteiger partial charge in [0.05, 0.1) is 28.1 Å². The second-order valence-electron chi connectivity index (χ2n) is 14.7. The summed E-state index contributed by atoms with van der Waals surface area (Å²) in [6.07, 6.45) is 7.57. The van der Waals surface area contributed by atoms with Crippen molar-refractivity contribution >= 4 is 49.3 Å². The largest absolute Gasteiger partial charge is 0.465 e. The molecule has 2 aliphatic heterocycles. The molecule has 2 aliphatic carbocycles. The molecule has 7 rings (SSSR count). The van der Waals surface area contributed by atoms with Crippen LogP contribution in [-0.2, 0) is 31.0 Å². The Morgan fingerprint density at radius 2 is 1.82 bits per heavy atom. The highest BCUT2D eigenvalue weighted by Crippen LogP contribution is 2.40. The number of carbonyl (C=O) groups is 3. The molecule has 2 bridgehead atoms. The van der Waals surface area contributed by atoms with Crippen molar-refractivity contribution in [3.8, 4) is 5.19 Å². The van der Waals surface area contributed by atoms with Crippen LogP contribution in [0.25, 0.3) is 10.2 Å². The smallest absolute Gasteiger partial charge is 0.274 e. The van der Waals surface area contributed by atoms with Gasteiger partial charge in [-0.25, -0.2) is 13.4 Å². The molecule has 2 saturated carbocycles. The number of hydrogen-bond donors (Lipinski definition) is 3. The highest BCUT2D eigenvalue weighted by Gasteiger charge is 2.51. The maximum Gasteiger partial charge on any atom is 0.274 e. The third-order valence-electron chi connectivity index (χ3n) is 10.8. The average Bonchev–Trinajstić information content (AvgIpc) is 3.59. The highest BCUT2D eigenvalue weighted by molar-refractivity contribution is 7.91. The summed E-state index contributed by atoms with van der Waals surface area (Å²) in [4.78, 5) is 49.1. The summed E-state index contributed by atoms with van der Waals surface area (Å²) in [5, 5.41) is 6.45. The number of fused-ring (bicyclic) bond motifs is 4. The summed E-state index contributed by atoms with van der Waals surface area (Å²) in [6.45, 7) is 2.72. The monoisotopic (exact) mass is 721 g/mol. The Hall–Kier alpha value is -3.55. The van der Waals surface area contributed by atoms with Crippen LogP contribution in [-0.4, -0.2) is 71.5 Å². The summed E-state index contributed by atoms with van der Waals surface area (Å²) in [5.41, 5.74) is 1.64. The first kappa shape index (κ1) is 34.9. The Kier molecular flexibility index (Phi) is 10.2. The Balaban J connectivity index is 1.17. The lowest BCUT2D eigenvalue weighted by Crippen LogP contribution is -2.62. The predicted molar refractivity (Wildman–Crippen MR) is 192 cm³/mol. The van der Waals surface area contributed by atoms with Crippen molar-refractivity contribution in [2.75, 3.05) is 6.54 Å². The van der Waals surface area contributed by atoms with E-state index in [1.807, 2.05) is 49.4 Å². The molecule has 2 aromatic carbocycles. The first-order valence-corrected chi connectivity index (χ1v) is 20.4. The zero-order valence-electron chi connectivity index (χ0n) is 28.6. The molecule has 5 atom stereocenters. The van der Waals surface area contributed by atoms with Gasteiger partial charge in [0.1, 0.15) is 17.7 Å². The van der Waals surface area contributed by atoms with Crippen molar-refractivity contribution in [1.82, 2.24) is 25.2 Å². The molecule has 268 valence electrons. The molecule has 3 amide bonds. The first-order valence-electron chi connectivity index (χ1n) is 18.1. The number of thiazole rings is 1. The van der Waals surface area contributed by atoms with E-state index >= 15 is 0 Å². The van der Waals surface area contributed by atoms with Crippen LogP contribution in [0.3, 0.4) is 0 Å². The van der Waals surface area contributed by atoms with Crippen LogP contribution in [0.5, 0.6) is 5.19 Å². The lowest BCUT2D eigenvalue weighted by molar-refractivity contribution is -0.142. The number of nitrogens with one attached hydrogen (secondary N) is 3. The third-order valence-corrected chi connectivity index (χ3v) is 13.5. The van der Waals surface area contributed by atoms with Gasteiger partial charge >= 0.3 is 0 Å². The quantitative estimate of drug-likeness (QED) is 0.303. The minimum atomic E-state index is -3.82.